The summed E-state index contributed by atoms with van der Waals surface area (Å²) in [5.41, 5.74) is -3.56. The van der Waals surface area contributed by atoms with E-state index in [-0.39, 0.29) is 88.5 Å². The molecule has 3 aliphatic rings. The molecule has 35 nitrogen and oxygen atoms in total. The van der Waals surface area contributed by atoms with Gasteiger partial charge in [-0.05, 0) is 173 Å². The van der Waals surface area contributed by atoms with Crippen molar-refractivity contribution in [3.8, 4) is 18.2 Å². The Labute approximate surface area is 661 Å². The molecule has 0 bridgehead atoms. The van der Waals surface area contributed by atoms with Crippen LogP contribution in [0.25, 0.3) is 0 Å². The highest BCUT2D eigenvalue weighted by Gasteiger charge is 2.52. The molecule has 0 aliphatic carbocycles. The number of ether oxygens (including phenoxy) is 7. The maximum absolute atomic E-state index is 12.8. The Balaban J connectivity index is 0.000000355. The Morgan fingerprint density at radius 1 is 0.446 bits per heavy atom. The molecule has 6 rings (SSSR count). The van der Waals surface area contributed by atoms with Crippen LogP contribution >= 0.6 is 47.0 Å². The second-order valence-corrected chi connectivity index (χ2v) is 43.1. The van der Waals surface area contributed by atoms with Crippen molar-refractivity contribution in [3.63, 3.8) is 0 Å². The lowest BCUT2D eigenvalue weighted by Crippen LogP contribution is -2.42. The van der Waals surface area contributed by atoms with E-state index in [1.54, 1.807) is 82.8 Å². The lowest BCUT2D eigenvalue weighted by atomic mass is 10.1. The Morgan fingerprint density at radius 3 is 0.964 bits per heavy atom. The first-order chi connectivity index (χ1) is 52.5. The summed E-state index contributed by atoms with van der Waals surface area (Å²) in [5, 5.41) is 27.1. The summed E-state index contributed by atoms with van der Waals surface area (Å²) in [6.45, 7) is 36.0. The molecule has 3 unspecified atom stereocenters. The van der Waals surface area contributed by atoms with Gasteiger partial charge in [-0.1, -0.05) is 0 Å². The molecule has 15 atom stereocenters. The molecule has 0 amide bonds. The molecule has 0 spiro atoms. The Morgan fingerprint density at radius 2 is 0.723 bits per heavy atom. The summed E-state index contributed by atoms with van der Waals surface area (Å²) in [6, 6.07) is 10.3. The van der Waals surface area contributed by atoms with E-state index >= 15 is 0 Å². The smallest absolute Gasteiger partial charge is 0.330 e. The minimum Gasteiger partial charge on any atom is -0.382 e. The second kappa shape index (κ2) is 48.0. The molecule has 3 aliphatic heterocycles. The van der Waals surface area contributed by atoms with Gasteiger partial charge in [0.05, 0.1) is 77.1 Å². The molecule has 3 aromatic heterocycles. The molecule has 112 heavy (non-hydrogen) atoms. The Kier molecular flexibility index (Phi) is 42.6. The van der Waals surface area contributed by atoms with Gasteiger partial charge in [-0.25, -0.2) is 28.4 Å². The quantitative estimate of drug-likeness (QED) is 0.0351. The SMILES string of the molecule is CC(C)N(C(C)C)P(OCCC#N)O[C@H]1[C@@H](OCCN(C)C)[C@H](n2ccc(=O)[nH]c2=O)O[C@@H]1/C=C/P(C)(C)=O.COCCO[C@@H]1[C@H](OP(OCCC#N)N(C(C)C)C(C)C)[C@@H](/C=C/P(C)(C)=O)O[C@H]1n1ccc(=O)[nH]c1=O.CO[C@@H]1[C@H](OP(OCCC#N)N(C(C)C)C(C)C)[C@@H](/C=C/P(C)(C)=O)O[C@H]1n1ccc(=O)[nH]c1=O. The molecule has 3 aromatic rings. The molecule has 41 heteroatoms. The normalized spacial score (nSPS) is 23.3. The van der Waals surface area contributed by atoms with Crippen LogP contribution in [0, 0.1) is 34.0 Å². The van der Waals surface area contributed by atoms with Crippen LogP contribution < -0.4 is 33.7 Å². The molecule has 0 aromatic carbocycles. The first-order valence-electron chi connectivity index (χ1n) is 36.8. The maximum atomic E-state index is 12.8. The monoisotopic (exact) mass is 1690 g/mol. The number of nitriles is 3. The van der Waals surface area contributed by atoms with E-state index in [0.29, 0.717) is 13.2 Å². The third-order valence-electron chi connectivity index (χ3n) is 16.3. The summed E-state index contributed by atoms with van der Waals surface area (Å²) >= 11 is 0. The number of aromatic nitrogens is 6. The average molecular weight is 1690 g/mol. The van der Waals surface area contributed by atoms with Gasteiger partial charge in [0.25, 0.3) is 42.3 Å². The average Bonchev–Trinajstić information content (AvgIpc) is 1.71. The van der Waals surface area contributed by atoms with Gasteiger partial charge in [0.15, 0.2) is 18.7 Å². The highest BCUT2D eigenvalue weighted by atomic mass is 31.2. The van der Waals surface area contributed by atoms with Gasteiger partial charge >= 0.3 is 17.1 Å². The molecule has 0 radical (unpaired) electrons. The topological polar surface area (TPSA) is 420 Å². The standard InChI is InChI=1S/C25H43N5O7P2.C24H40N4O8P2.C22H36N4O7P2/c1-18(2)30(19(3)4)38(35-15-9-12-26)37-22-20(11-17-39(7,8)33)36-24(23(22)34-16-14-28(5)6)29-13-10-21(31)27-25(29)32;1-17(2)28(18(3)4)37(34-13-8-11-25)36-21-19(10-16-38(6,7)31)35-23(22(21)33-15-14-32-5)27-12-9-20(29)26-24(27)30;1-15(2)26(16(3)4)34(31-13-8-11-23)33-19-17(10-14-35(6,7)29)32-21(20(19)30-5)25-12-9-18(27)24-22(25)28/h10-11,13,17-20,22-24H,9,14-16H2,1-8H3,(H,27,31,32);9-10,12,16-19,21-23H,8,13-15H2,1-7H3,(H,26,29,30);9-10,12,14-17,19-21H,8,13H2,1-7H3,(H,24,27,28)/b17-11+;16-10+;14-10+/t20-,22-,23-,24-,38?;19-,21-,22-,23-,37?;17-,19-,20-,21-,34?/m111/s1. The summed E-state index contributed by atoms with van der Waals surface area (Å²) in [6.07, 6.45) is -0.0335. The number of aromatic amines is 3. The van der Waals surface area contributed by atoms with Crippen LogP contribution in [-0.2, 0) is 74.0 Å². The van der Waals surface area contributed by atoms with Crippen molar-refractivity contribution in [2.24, 2.45) is 0 Å². The number of rotatable bonds is 42. The van der Waals surface area contributed by atoms with Crippen LogP contribution in [0.15, 0.2) is 101 Å². The second-order valence-electron chi connectivity index (χ2n) is 29.4. The number of nitrogens with zero attached hydrogens (tertiary/aromatic N) is 10. The molecular formula is C71H119N13O22P6. The highest BCUT2D eigenvalue weighted by molar-refractivity contribution is 7.66. The van der Waals surface area contributed by atoms with Crippen molar-refractivity contribution < 1.29 is 74.0 Å². The predicted molar refractivity (Wildman–Crippen MR) is 432 cm³/mol. The fourth-order valence-electron chi connectivity index (χ4n) is 11.7. The molecule has 3 fully saturated rings. The summed E-state index contributed by atoms with van der Waals surface area (Å²) in [4.78, 5) is 81.7. The third kappa shape index (κ3) is 32.1. The van der Waals surface area contributed by atoms with E-state index in [4.69, 9.17) is 76.1 Å². The zero-order valence-electron chi connectivity index (χ0n) is 68.5. The molecule has 3 saturated heterocycles. The molecule has 6 heterocycles. The van der Waals surface area contributed by atoms with Crippen LogP contribution in [0.2, 0.25) is 0 Å². The minimum atomic E-state index is -2.57. The van der Waals surface area contributed by atoms with Crippen molar-refractivity contribution in [1.29, 1.82) is 15.8 Å². The summed E-state index contributed by atoms with van der Waals surface area (Å²) in [7, 11) is -5.83. The van der Waals surface area contributed by atoms with Crippen LogP contribution in [-0.4, -0.2) is 253 Å². The fourth-order valence-corrected chi connectivity index (χ4v) is 18.7. The third-order valence-corrected chi connectivity index (χ3v) is 25.4. The van der Waals surface area contributed by atoms with Crippen LogP contribution in [0.5, 0.6) is 0 Å². The van der Waals surface area contributed by atoms with Gasteiger partial charge in [0.2, 0.25) is 0 Å². The van der Waals surface area contributed by atoms with Crippen molar-refractivity contribution in [3.05, 3.63) is 135 Å². The van der Waals surface area contributed by atoms with Crippen molar-refractivity contribution in [1.82, 2.24) is 47.6 Å². The van der Waals surface area contributed by atoms with Gasteiger partial charge < -0.3 is 78.9 Å². The summed E-state index contributed by atoms with van der Waals surface area (Å²) < 4.78 is 128. The fraction of sp³-hybridized carbons (Fsp3) is 0.704. The highest BCUT2D eigenvalue weighted by Crippen LogP contribution is 2.55. The van der Waals surface area contributed by atoms with E-state index in [1.165, 1.54) is 57.6 Å². The molecule has 3 N–H and O–H groups in total. The lowest BCUT2D eigenvalue weighted by Gasteiger charge is -2.38. The minimum absolute atomic E-state index is 0.0523. The van der Waals surface area contributed by atoms with Crippen LogP contribution in [0.1, 0.15) is 121 Å². The van der Waals surface area contributed by atoms with Crippen molar-refractivity contribution >= 4 is 47.0 Å². The van der Waals surface area contributed by atoms with Gasteiger partial charge in [-0.2, -0.15) is 15.8 Å². The van der Waals surface area contributed by atoms with Gasteiger partial charge in [-0.3, -0.25) is 43.0 Å². The number of hydrogen-bond acceptors (Lipinski definition) is 29. The largest absolute Gasteiger partial charge is 0.382 e. The van der Waals surface area contributed by atoms with E-state index in [1.807, 2.05) is 102 Å². The Hall–Kier alpha value is -4.97. The van der Waals surface area contributed by atoms with Gasteiger partial charge in [0.1, 0.15) is 76.4 Å². The van der Waals surface area contributed by atoms with Crippen molar-refractivity contribution in [2.45, 2.75) is 212 Å². The van der Waals surface area contributed by atoms with Crippen LogP contribution in [0.3, 0.4) is 0 Å². The number of hydrogen-bond donors (Lipinski definition) is 3. The Bertz CT molecular complexity index is 4110. The number of nitrogens with one attached hydrogen (secondary N) is 3. The maximum Gasteiger partial charge on any atom is 0.330 e. The zero-order valence-corrected chi connectivity index (χ0v) is 73.9. The first-order valence-corrected chi connectivity index (χ1v) is 48.2. The molecule has 630 valence electrons. The van der Waals surface area contributed by atoms with E-state index in [9.17, 15) is 42.5 Å². The number of methoxy groups -OCH3 is 2. The van der Waals surface area contributed by atoms with Crippen molar-refractivity contribution in [2.75, 3.05) is 114 Å². The first kappa shape index (κ1) is 99.4. The molecule has 0 saturated carbocycles. The van der Waals surface area contributed by atoms with E-state index < -0.39 is 154 Å². The molecular weight excluding hydrogens is 1570 g/mol. The van der Waals surface area contributed by atoms with Gasteiger partial charge in [0, 0.05) is 93.8 Å². The van der Waals surface area contributed by atoms with Gasteiger partial charge in [-0.15, -0.1) is 0 Å². The summed E-state index contributed by atoms with van der Waals surface area (Å²) in [5.74, 6) is 4.77. The lowest BCUT2D eigenvalue weighted by molar-refractivity contribution is -0.0766. The predicted octanol–water partition coefficient (Wildman–Crippen LogP) is 9.69. The van der Waals surface area contributed by atoms with E-state index in [0.717, 1.165) is 0 Å². The zero-order chi connectivity index (χ0) is 84.1. The number of likely N-dealkylation sites (N-methyl/N-ethyl adjacent to an activating group) is 1. The number of H-pyrrole nitrogens is 3. The van der Waals surface area contributed by atoms with E-state index in [2.05, 4.69) is 47.2 Å². The van der Waals surface area contributed by atoms with Crippen LogP contribution in [0.4, 0.5) is 0 Å².